The summed E-state index contributed by atoms with van der Waals surface area (Å²) in [7, 11) is 1.69. The molecule has 0 spiro atoms. The molecule has 5 heteroatoms. The lowest BCUT2D eigenvalue weighted by Gasteiger charge is -2.28. The summed E-state index contributed by atoms with van der Waals surface area (Å²) in [5, 5.41) is 7.27. The minimum atomic E-state index is -0.00172. The second-order valence-electron chi connectivity index (χ2n) is 9.85. The standard InChI is InChI=1S/C29H32N2O2S/c1-29(2,3)22-13-11-19(12-14-22)27(32)21-8-5-9-23(17-21)30-28(34)31-26-10-6-7-20-18-24(33-4)15-16-25(20)26/h5,8-9,11-18,26H,6-7,10H2,1-4H3,(H2,30,31,34)/t26-/m1/s1. The van der Waals surface area contributed by atoms with Crippen molar-refractivity contribution in [1.29, 1.82) is 0 Å². The summed E-state index contributed by atoms with van der Waals surface area (Å²) in [6.07, 6.45) is 3.16. The van der Waals surface area contributed by atoms with Gasteiger partial charge in [-0.3, -0.25) is 4.79 Å². The zero-order valence-electron chi connectivity index (χ0n) is 20.3. The van der Waals surface area contributed by atoms with E-state index in [1.165, 1.54) is 16.7 Å². The molecular weight excluding hydrogens is 440 g/mol. The van der Waals surface area contributed by atoms with Crippen LogP contribution in [0.1, 0.15) is 72.3 Å². The number of hydrogen-bond acceptors (Lipinski definition) is 3. The Kier molecular flexibility index (Phi) is 7.03. The first-order chi connectivity index (χ1) is 16.2. The van der Waals surface area contributed by atoms with Crippen molar-refractivity contribution in [3.63, 3.8) is 0 Å². The molecule has 0 heterocycles. The highest BCUT2D eigenvalue weighted by Crippen LogP contribution is 2.32. The zero-order chi connectivity index (χ0) is 24.3. The van der Waals surface area contributed by atoms with Gasteiger partial charge in [-0.25, -0.2) is 0 Å². The lowest BCUT2D eigenvalue weighted by Crippen LogP contribution is -2.34. The second kappa shape index (κ2) is 9.98. The average Bonchev–Trinajstić information content (AvgIpc) is 2.83. The van der Waals surface area contributed by atoms with Crippen LogP contribution in [-0.4, -0.2) is 18.0 Å². The first-order valence-electron chi connectivity index (χ1n) is 11.7. The Balaban J connectivity index is 1.44. The van der Waals surface area contributed by atoms with Crippen molar-refractivity contribution >= 4 is 28.8 Å². The molecule has 0 aromatic heterocycles. The predicted molar refractivity (Wildman–Crippen MR) is 143 cm³/mol. The van der Waals surface area contributed by atoms with Gasteiger partial charge in [-0.15, -0.1) is 0 Å². The largest absolute Gasteiger partial charge is 0.497 e. The monoisotopic (exact) mass is 472 g/mol. The summed E-state index contributed by atoms with van der Waals surface area (Å²) in [6, 6.07) is 21.8. The van der Waals surface area contributed by atoms with Gasteiger partial charge in [-0.05, 0) is 77.9 Å². The summed E-state index contributed by atoms with van der Waals surface area (Å²) in [4.78, 5) is 13.1. The van der Waals surface area contributed by atoms with Gasteiger partial charge in [-0.1, -0.05) is 63.2 Å². The van der Waals surface area contributed by atoms with Crippen LogP contribution in [0.4, 0.5) is 5.69 Å². The van der Waals surface area contributed by atoms with Crippen molar-refractivity contribution in [2.24, 2.45) is 0 Å². The van der Waals surface area contributed by atoms with Crippen LogP contribution in [0.5, 0.6) is 5.75 Å². The summed E-state index contributed by atoms with van der Waals surface area (Å²) < 4.78 is 5.37. The lowest BCUT2D eigenvalue weighted by atomic mass is 9.86. The zero-order valence-corrected chi connectivity index (χ0v) is 21.1. The third-order valence-corrected chi connectivity index (χ3v) is 6.59. The molecule has 1 aliphatic rings. The Morgan fingerprint density at radius 2 is 1.76 bits per heavy atom. The lowest BCUT2D eigenvalue weighted by molar-refractivity contribution is 0.103. The molecule has 0 saturated carbocycles. The van der Waals surface area contributed by atoms with E-state index in [1.54, 1.807) is 7.11 Å². The van der Waals surface area contributed by atoms with Gasteiger partial charge in [-0.2, -0.15) is 0 Å². The topological polar surface area (TPSA) is 50.4 Å². The predicted octanol–water partition coefficient (Wildman–Crippen LogP) is 6.59. The number of rotatable bonds is 5. The van der Waals surface area contributed by atoms with Crippen LogP contribution >= 0.6 is 12.2 Å². The van der Waals surface area contributed by atoms with E-state index in [0.717, 1.165) is 30.7 Å². The van der Waals surface area contributed by atoms with Gasteiger partial charge in [0, 0.05) is 16.8 Å². The van der Waals surface area contributed by atoms with Crippen LogP contribution in [0.15, 0.2) is 66.7 Å². The molecule has 1 aliphatic carbocycles. The number of nitrogens with one attached hydrogen (secondary N) is 2. The van der Waals surface area contributed by atoms with Gasteiger partial charge in [0.15, 0.2) is 10.9 Å². The molecule has 34 heavy (non-hydrogen) atoms. The van der Waals surface area contributed by atoms with E-state index in [0.29, 0.717) is 16.2 Å². The van der Waals surface area contributed by atoms with E-state index < -0.39 is 0 Å². The Morgan fingerprint density at radius 1 is 1.00 bits per heavy atom. The van der Waals surface area contributed by atoms with Crippen molar-refractivity contribution < 1.29 is 9.53 Å². The van der Waals surface area contributed by atoms with Crippen LogP contribution in [0.2, 0.25) is 0 Å². The Hall–Kier alpha value is -3.18. The number of fused-ring (bicyclic) bond motifs is 1. The Morgan fingerprint density at radius 3 is 2.47 bits per heavy atom. The van der Waals surface area contributed by atoms with Crippen molar-refractivity contribution in [2.75, 3.05) is 12.4 Å². The molecule has 3 aromatic rings. The third kappa shape index (κ3) is 5.48. The van der Waals surface area contributed by atoms with E-state index in [4.69, 9.17) is 17.0 Å². The van der Waals surface area contributed by atoms with Crippen LogP contribution < -0.4 is 15.4 Å². The smallest absolute Gasteiger partial charge is 0.193 e. The van der Waals surface area contributed by atoms with Crippen LogP contribution in [-0.2, 0) is 11.8 Å². The van der Waals surface area contributed by atoms with Gasteiger partial charge in [0.25, 0.3) is 0 Å². The molecule has 0 bridgehead atoms. The quantitative estimate of drug-likeness (QED) is 0.324. The molecule has 176 valence electrons. The van der Waals surface area contributed by atoms with Gasteiger partial charge < -0.3 is 15.4 Å². The first-order valence-corrected chi connectivity index (χ1v) is 12.1. The summed E-state index contributed by atoms with van der Waals surface area (Å²) in [5.74, 6) is 0.882. The summed E-state index contributed by atoms with van der Waals surface area (Å²) >= 11 is 5.61. The van der Waals surface area contributed by atoms with Gasteiger partial charge in [0.2, 0.25) is 0 Å². The van der Waals surface area contributed by atoms with Gasteiger partial charge >= 0.3 is 0 Å². The highest BCUT2D eigenvalue weighted by molar-refractivity contribution is 7.80. The molecule has 4 rings (SSSR count). The molecule has 0 fully saturated rings. The first kappa shape index (κ1) is 24.0. The number of aryl methyl sites for hydroxylation is 1. The number of carbonyl (C=O) groups excluding carboxylic acids is 1. The van der Waals surface area contributed by atoms with E-state index in [1.807, 2.05) is 54.6 Å². The highest BCUT2D eigenvalue weighted by Gasteiger charge is 2.21. The molecule has 0 unspecified atom stereocenters. The number of thiocarbonyl (C=S) groups is 1. The number of carbonyl (C=O) groups is 1. The summed E-state index contributed by atoms with van der Waals surface area (Å²) in [5.41, 5.74) is 5.93. The number of ether oxygens (including phenoxy) is 1. The number of hydrogen-bond donors (Lipinski definition) is 2. The maximum absolute atomic E-state index is 13.1. The van der Waals surface area contributed by atoms with Gasteiger partial charge in [0.05, 0.1) is 13.2 Å². The number of ketones is 1. The van der Waals surface area contributed by atoms with Crippen LogP contribution in [0, 0.1) is 0 Å². The van der Waals surface area contributed by atoms with Crippen molar-refractivity contribution in [3.8, 4) is 5.75 Å². The molecule has 3 aromatic carbocycles. The van der Waals surface area contributed by atoms with Crippen LogP contribution in [0.25, 0.3) is 0 Å². The fourth-order valence-corrected chi connectivity index (χ4v) is 4.68. The number of benzene rings is 3. The van der Waals surface area contributed by atoms with E-state index in [-0.39, 0.29) is 17.2 Å². The van der Waals surface area contributed by atoms with Crippen molar-refractivity contribution in [3.05, 3.63) is 94.5 Å². The fraction of sp³-hybridized carbons (Fsp3) is 0.310. The molecule has 0 saturated heterocycles. The van der Waals surface area contributed by atoms with Crippen molar-refractivity contribution in [2.45, 2.75) is 51.5 Å². The third-order valence-electron chi connectivity index (χ3n) is 6.37. The SMILES string of the molecule is COc1ccc2c(c1)CCC[C@H]2NC(=S)Nc1cccc(C(=O)c2ccc(C(C)(C)C)cc2)c1. The number of methoxy groups -OCH3 is 1. The minimum Gasteiger partial charge on any atom is -0.497 e. The summed E-state index contributed by atoms with van der Waals surface area (Å²) in [6.45, 7) is 6.50. The van der Waals surface area contributed by atoms with Gasteiger partial charge in [0.1, 0.15) is 5.75 Å². The normalized spacial score (nSPS) is 15.2. The fourth-order valence-electron chi connectivity index (χ4n) is 4.42. The van der Waals surface area contributed by atoms with Crippen LogP contribution in [0.3, 0.4) is 0 Å². The Bertz CT molecular complexity index is 1200. The number of anilines is 1. The molecule has 0 amide bonds. The van der Waals surface area contributed by atoms with E-state index in [2.05, 4.69) is 43.5 Å². The maximum Gasteiger partial charge on any atom is 0.193 e. The second-order valence-corrected chi connectivity index (χ2v) is 10.3. The van der Waals surface area contributed by atoms with Crippen molar-refractivity contribution in [1.82, 2.24) is 5.32 Å². The average molecular weight is 473 g/mol. The Labute approximate surface area is 207 Å². The molecule has 4 nitrogen and oxygen atoms in total. The van der Waals surface area contributed by atoms with E-state index >= 15 is 0 Å². The van der Waals surface area contributed by atoms with E-state index in [9.17, 15) is 4.79 Å². The molecule has 0 radical (unpaired) electrons. The highest BCUT2D eigenvalue weighted by atomic mass is 32.1. The molecule has 1 atom stereocenters. The molecular formula is C29H32N2O2S. The molecule has 2 N–H and O–H groups in total. The maximum atomic E-state index is 13.1. The molecule has 0 aliphatic heterocycles. The minimum absolute atomic E-state index is 0.00172.